The molecule has 1 aromatic heterocycles. The summed E-state index contributed by atoms with van der Waals surface area (Å²) in [7, 11) is 0. The molecule has 0 atom stereocenters. The fourth-order valence-corrected chi connectivity index (χ4v) is 1.62. The predicted octanol–water partition coefficient (Wildman–Crippen LogP) is 2.28. The number of carbonyl (C=O) groups excluding carboxylic acids is 1. The van der Waals surface area contributed by atoms with E-state index >= 15 is 0 Å². The largest absolute Gasteiger partial charge is 0.435 e. The second kappa shape index (κ2) is 6.65. The molecular formula is C13H13F2N3O2. The molecule has 5 nitrogen and oxygen atoms in total. The van der Waals surface area contributed by atoms with E-state index < -0.39 is 6.61 Å². The summed E-state index contributed by atoms with van der Waals surface area (Å²) in [4.78, 5) is 15.3. The van der Waals surface area contributed by atoms with Gasteiger partial charge in [0.25, 0.3) is 0 Å². The summed E-state index contributed by atoms with van der Waals surface area (Å²) in [6.45, 7) is -2.39. The van der Waals surface area contributed by atoms with E-state index in [9.17, 15) is 13.6 Å². The Labute approximate surface area is 114 Å². The Balaban J connectivity index is 1.78. The van der Waals surface area contributed by atoms with Crippen LogP contribution >= 0.6 is 0 Å². The van der Waals surface area contributed by atoms with E-state index in [2.05, 4.69) is 15.0 Å². The molecule has 20 heavy (non-hydrogen) atoms. The fourth-order valence-electron chi connectivity index (χ4n) is 1.62. The van der Waals surface area contributed by atoms with Gasteiger partial charge in [-0.25, -0.2) is 9.78 Å². The van der Waals surface area contributed by atoms with Gasteiger partial charge in [-0.2, -0.15) is 8.78 Å². The standard InChI is InChI=1S/C13H13F2N3O2/c14-12(15)20-11-3-1-10(2-4-11)5-6-17-13(19)18-8-7-16-9-18/h1-4,7-9,12H,5-6H2,(H,17,19). The summed E-state index contributed by atoms with van der Waals surface area (Å²) >= 11 is 0. The van der Waals surface area contributed by atoms with Crippen LogP contribution in [0.2, 0.25) is 0 Å². The number of halogens is 2. The number of hydrogen-bond donors (Lipinski definition) is 1. The zero-order chi connectivity index (χ0) is 14.4. The van der Waals surface area contributed by atoms with Crippen LogP contribution in [0, 0.1) is 0 Å². The monoisotopic (exact) mass is 281 g/mol. The van der Waals surface area contributed by atoms with Gasteiger partial charge >= 0.3 is 12.6 Å². The quantitative estimate of drug-likeness (QED) is 0.914. The number of benzene rings is 1. The number of rotatable bonds is 5. The van der Waals surface area contributed by atoms with Crippen LogP contribution in [0.5, 0.6) is 5.75 Å². The first-order chi connectivity index (χ1) is 9.65. The minimum atomic E-state index is -2.82. The summed E-state index contributed by atoms with van der Waals surface area (Å²) in [6, 6.07) is 6.04. The lowest BCUT2D eigenvalue weighted by molar-refractivity contribution is -0.0498. The van der Waals surface area contributed by atoms with Crippen LogP contribution in [0.15, 0.2) is 43.0 Å². The van der Waals surface area contributed by atoms with Crippen molar-refractivity contribution in [1.29, 1.82) is 0 Å². The summed E-state index contributed by atoms with van der Waals surface area (Å²) in [5.41, 5.74) is 0.914. The fraction of sp³-hybridized carbons (Fsp3) is 0.231. The van der Waals surface area contributed by atoms with Gasteiger partial charge in [0.1, 0.15) is 12.1 Å². The van der Waals surface area contributed by atoms with Crippen LogP contribution in [0.4, 0.5) is 13.6 Å². The van der Waals surface area contributed by atoms with E-state index in [-0.39, 0.29) is 11.8 Å². The predicted molar refractivity (Wildman–Crippen MR) is 67.8 cm³/mol. The van der Waals surface area contributed by atoms with Gasteiger partial charge in [-0.1, -0.05) is 12.1 Å². The number of alkyl halides is 2. The van der Waals surface area contributed by atoms with E-state index in [0.29, 0.717) is 13.0 Å². The highest BCUT2D eigenvalue weighted by molar-refractivity contribution is 5.76. The van der Waals surface area contributed by atoms with Crippen LogP contribution < -0.4 is 10.1 Å². The molecule has 0 saturated carbocycles. The van der Waals surface area contributed by atoms with E-state index in [1.165, 1.54) is 29.2 Å². The Hall–Kier alpha value is -2.44. The Bertz CT molecular complexity index is 541. The number of carbonyl (C=O) groups is 1. The number of nitrogens with one attached hydrogen (secondary N) is 1. The lowest BCUT2D eigenvalue weighted by Crippen LogP contribution is -2.29. The molecule has 2 aromatic rings. The van der Waals surface area contributed by atoms with Crippen molar-refractivity contribution >= 4 is 6.03 Å². The molecule has 1 N–H and O–H groups in total. The molecule has 1 aromatic carbocycles. The molecule has 0 spiro atoms. The molecule has 0 aliphatic heterocycles. The normalized spacial score (nSPS) is 10.6. The molecule has 0 fully saturated rings. The van der Waals surface area contributed by atoms with E-state index in [1.54, 1.807) is 18.3 Å². The van der Waals surface area contributed by atoms with Crippen molar-refractivity contribution in [2.75, 3.05) is 6.54 Å². The molecule has 1 heterocycles. The number of aromatic nitrogens is 2. The van der Waals surface area contributed by atoms with Gasteiger partial charge < -0.3 is 10.1 Å². The minimum Gasteiger partial charge on any atom is -0.435 e. The van der Waals surface area contributed by atoms with E-state index in [0.717, 1.165) is 5.56 Å². The third kappa shape index (κ3) is 4.04. The lowest BCUT2D eigenvalue weighted by Gasteiger charge is -2.07. The SMILES string of the molecule is O=C(NCCc1ccc(OC(F)F)cc1)n1ccnc1. The van der Waals surface area contributed by atoms with Gasteiger partial charge in [-0.05, 0) is 24.1 Å². The van der Waals surface area contributed by atoms with Crippen LogP contribution in [-0.2, 0) is 6.42 Å². The van der Waals surface area contributed by atoms with Crippen molar-refractivity contribution in [2.24, 2.45) is 0 Å². The molecule has 2 rings (SSSR count). The van der Waals surface area contributed by atoms with Crippen LogP contribution in [-0.4, -0.2) is 28.7 Å². The van der Waals surface area contributed by atoms with Crippen molar-refractivity contribution in [3.8, 4) is 5.75 Å². The number of hydrogen-bond acceptors (Lipinski definition) is 3. The molecule has 0 radical (unpaired) electrons. The van der Waals surface area contributed by atoms with Gasteiger partial charge in [0.05, 0.1) is 0 Å². The maximum atomic E-state index is 12.0. The number of nitrogens with zero attached hydrogens (tertiary/aromatic N) is 2. The van der Waals surface area contributed by atoms with Gasteiger partial charge in [-0.3, -0.25) is 4.57 Å². The summed E-state index contributed by atoms with van der Waals surface area (Å²) in [5, 5.41) is 2.71. The van der Waals surface area contributed by atoms with E-state index in [1.807, 2.05) is 0 Å². The van der Waals surface area contributed by atoms with Crippen molar-refractivity contribution in [1.82, 2.24) is 14.9 Å². The minimum absolute atomic E-state index is 0.117. The maximum absolute atomic E-state index is 12.0. The van der Waals surface area contributed by atoms with Crippen molar-refractivity contribution in [2.45, 2.75) is 13.0 Å². The summed E-state index contributed by atoms with van der Waals surface area (Å²) < 4.78 is 29.5. The molecule has 0 saturated heterocycles. The first-order valence-electron chi connectivity index (χ1n) is 5.95. The first-order valence-corrected chi connectivity index (χ1v) is 5.95. The highest BCUT2D eigenvalue weighted by atomic mass is 19.3. The zero-order valence-corrected chi connectivity index (χ0v) is 10.5. The average Bonchev–Trinajstić information content (AvgIpc) is 2.94. The molecule has 0 aliphatic rings. The van der Waals surface area contributed by atoms with Gasteiger partial charge in [0.15, 0.2) is 0 Å². The van der Waals surface area contributed by atoms with Gasteiger partial charge in [0.2, 0.25) is 0 Å². The molecule has 106 valence electrons. The van der Waals surface area contributed by atoms with Crippen molar-refractivity contribution < 1.29 is 18.3 Å². The summed E-state index contributed by atoms with van der Waals surface area (Å²) in [6.07, 6.45) is 5.06. The Morgan fingerprint density at radius 1 is 1.35 bits per heavy atom. The van der Waals surface area contributed by atoms with Crippen molar-refractivity contribution in [3.63, 3.8) is 0 Å². The lowest BCUT2D eigenvalue weighted by atomic mass is 10.1. The van der Waals surface area contributed by atoms with Gasteiger partial charge in [0, 0.05) is 18.9 Å². The topological polar surface area (TPSA) is 56.1 Å². The van der Waals surface area contributed by atoms with Gasteiger partial charge in [-0.15, -0.1) is 0 Å². The Kier molecular flexibility index (Phi) is 4.65. The second-order valence-electron chi connectivity index (χ2n) is 3.97. The summed E-state index contributed by atoms with van der Waals surface area (Å²) in [5.74, 6) is 0.117. The van der Waals surface area contributed by atoms with Crippen LogP contribution in [0.3, 0.4) is 0 Å². The molecule has 0 unspecified atom stereocenters. The molecular weight excluding hydrogens is 268 g/mol. The maximum Gasteiger partial charge on any atom is 0.387 e. The Morgan fingerprint density at radius 3 is 2.70 bits per heavy atom. The number of amides is 1. The molecule has 0 bridgehead atoms. The highest BCUT2D eigenvalue weighted by Gasteiger charge is 2.04. The van der Waals surface area contributed by atoms with Crippen LogP contribution in [0.1, 0.15) is 5.56 Å². The zero-order valence-electron chi connectivity index (χ0n) is 10.5. The smallest absolute Gasteiger partial charge is 0.387 e. The van der Waals surface area contributed by atoms with Crippen molar-refractivity contribution in [3.05, 3.63) is 48.5 Å². The number of ether oxygens (including phenoxy) is 1. The first kappa shape index (κ1) is 14.0. The molecule has 0 aliphatic carbocycles. The third-order valence-corrected chi connectivity index (χ3v) is 2.58. The number of imidazole rings is 1. The highest BCUT2D eigenvalue weighted by Crippen LogP contribution is 2.14. The van der Waals surface area contributed by atoms with E-state index in [4.69, 9.17) is 0 Å². The third-order valence-electron chi connectivity index (χ3n) is 2.58. The molecule has 7 heteroatoms. The molecule has 1 amide bonds. The second-order valence-corrected chi connectivity index (χ2v) is 3.97. The average molecular weight is 281 g/mol. The Morgan fingerprint density at radius 2 is 2.10 bits per heavy atom. The van der Waals surface area contributed by atoms with Crippen LogP contribution in [0.25, 0.3) is 0 Å².